The lowest BCUT2D eigenvalue weighted by molar-refractivity contribution is 0.590. The number of fused-ring (bicyclic) bond motifs is 11. The summed E-state index contributed by atoms with van der Waals surface area (Å²) in [6.07, 6.45) is 0. The second-order valence-corrected chi connectivity index (χ2v) is 25.1. The first-order valence-corrected chi connectivity index (χ1v) is 27.4. The predicted octanol–water partition coefficient (Wildman–Crippen LogP) is 22.0. The van der Waals surface area contributed by atoms with Crippen LogP contribution < -0.4 is 0 Å². The summed E-state index contributed by atoms with van der Waals surface area (Å²) >= 11 is 0. The molecule has 0 radical (unpaired) electrons. The van der Waals surface area contributed by atoms with Crippen LogP contribution in [-0.4, -0.2) is 0 Å². The van der Waals surface area contributed by atoms with Gasteiger partial charge in [0.1, 0.15) is 0 Å². The molecule has 14 aromatic carbocycles. The highest BCUT2D eigenvalue weighted by molar-refractivity contribution is 6.43. The Morgan fingerprint density at radius 3 is 0.974 bits per heavy atom. The molecule has 0 fully saturated rings. The predicted molar refractivity (Wildman–Crippen MR) is 331 cm³/mol. The molecule has 0 saturated carbocycles. The summed E-state index contributed by atoms with van der Waals surface area (Å²) in [6, 6.07) is 77.4. The van der Waals surface area contributed by atoms with Crippen molar-refractivity contribution in [2.45, 2.75) is 78.6 Å². The van der Waals surface area contributed by atoms with Gasteiger partial charge in [-0.05, 0) is 216 Å². The summed E-state index contributed by atoms with van der Waals surface area (Å²) < 4.78 is 0. The highest BCUT2D eigenvalue weighted by Gasteiger charge is 2.34. The molecule has 0 atom stereocenters. The van der Waals surface area contributed by atoms with E-state index in [1.165, 1.54) is 170 Å². The van der Waals surface area contributed by atoms with Crippen LogP contribution in [0.4, 0.5) is 0 Å². The molecule has 0 amide bonds. The molecule has 76 heavy (non-hydrogen) atoms. The lowest BCUT2D eigenvalue weighted by Gasteiger charge is -2.24. The fourth-order valence-corrected chi connectivity index (χ4v) is 13.8. The van der Waals surface area contributed by atoms with Crippen molar-refractivity contribution in [2.75, 3.05) is 0 Å². The zero-order chi connectivity index (χ0) is 51.7. The largest absolute Gasteiger partial charge is 0.0622 e. The van der Waals surface area contributed by atoms with Crippen molar-refractivity contribution in [2.24, 2.45) is 0 Å². The summed E-state index contributed by atoms with van der Waals surface area (Å²) in [5.41, 5.74) is 19.5. The maximum Gasteiger partial charge on any atom is -0.000731 e. The van der Waals surface area contributed by atoms with Gasteiger partial charge in [-0.25, -0.2) is 0 Å². The first-order chi connectivity index (χ1) is 36.6. The molecule has 0 N–H and O–H groups in total. The van der Waals surface area contributed by atoms with Crippen molar-refractivity contribution in [1.29, 1.82) is 0 Å². The van der Waals surface area contributed by atoms with Crippen LogP contribution in [-0.2, 0) is 16.2 Å². The molecule has 0 saturated heterocycles. The third kappa shape index (κ3) is 6.31. The van der Waals surface area contributed by atoms with Crippen LogP contribution >= 0.6 is 0 Å². The topological polar surface area (TPSA) is 0 Å². The van der Waals surface area contributed by atoms with Gasteiger partial charge in [-0.1, -0.05) is 232 Å². The zero-order valence-corrected chi connectivity index (χ0v) is 45.1. The molecule has 15 rings (SSSR count). The monoisotopic (exact) mass is 972 g/mol. The lowest BCUT2D eigenvalue weighted by atomic mass is 9.79. The van der Waals surface area contributed by atoms with E-state index in [0.717, 1.165) is 0 Å². The third-order valence-electron chi connectivity index (χ3n) is 17.5. The van der Waals surface area contributed by atoms with Gasteiger partial charge in [0.05, 0.1) is 0 Å². The molecule has 0 aromatic heterocycles. The van der Waals surface area contributed by atoms with E-state index in [4.69, 9.17) is 0 Å². The van der Waals surface area contributed by atoms with Crippen LogP contribution in [0.1, 0.15) is 79.0 Å². The Kier molecular flexibility index (Phi) is 9.27. The second-order valence-electron chi connectivity index (χ2n) is 25.1. The number of benzene rings is 12. The smallest absolute Gasteiger partial charge is 0.000731 e. The highest BCUT2D eigenvalue weighted by atomic mass is 14.4. The molecule has 1 aliphatic carbocycles. The van der Waals surface area contributed by atoms with Gasteiger partial charge >= 0.3 is 0 Å². The maximum absolute atomic E-state index is 2.60. The molecule has 0 aliphatic heterocycles. The Labute approximate surface area is 446 Å². The van der Waals surface area contributed by atoms with Gasteiger partial charge in [0.2, 0.25) is 0 Å². The highest BCUT2D eigenvalue weighted by Crippen LogP contribution is 2.61. The van der Waals surface area contributed by atoms with Gasteiger partial charge in [-0.15, -0.1) is 0 Å². The van der Waals surface area contributed by atoms with Crippen molar-refractivity contribution >= 4 is 86.2 Å². The van der Waals surface area contributed by atoms with Crippen molar-refractivity contribution in [3.8, 4) is 66.8 Å². The SMILES string of the molecule is CC(C)(C)c1ccc2c(-c3ccccc3)c3c(c(-c4ccccc4)c2c1)-c1ccc2c4cc5c(-c6ccccc6)c6c7cc(C(C)(C)C)cc8cc(C(C)(C)C)cc(c6c(-c6ccccc6)c5cc4c4ccc-3c1c42)c87. The fourth-order valence-electron chi connectivity index (χ4n) is 13.8. The summed E-state index contributed by atoms with van der Waals surface area (Å²) in [7, 11) is 0. The van der Waals surface area contributed by atoms with Crippen molar-refractivity contribution in [1.82, 2.24) is 0 Å². The van der Waals surface area contributed by atoms with Gasteiger partial charge in [0.25, 0.3) is 0 Å². The Morgan fingerprint density at radius 2 is 0.566 bits per heavy atom. The van der Waals surface area contributed by atoms with Crippen molar-refractivity contribution < 1.29 is 0 Å². The molecule has 1 aliphatic rings. The van der Waals surface area contributed by atoms with Gasteiger partial charge in [-0.2, -0.15) is 0 Å². The summed E-state index contributed by atoms with van der Waals surface area (Å²) in [5.74, 6) is 0. The minimum absolute atomic E-state index is 0.0166. The van der Waals surface area contributed by atoms with E-state index in [-0.39, 0.29) is 16.2 Å². The Hall–Kier alpha value is -8.32. The van der Waals surface area contributed by atoms with Crippen LogP contribution in [0.15, 0.2) is 200 Å². The molecule has 0 heterocycles. The summed E-state index contributed by atoms with van der Waals surface area (Å²) in [4.78, 5) is 0. The Bertz CT molecular complexity index is 4560. The average Bonchev–Trinajstić information content (AvgIpc) is 4.26. The second kappa shape index (κ2) is 15.6. The number of hydrogen-bond donors (Lipinski definition) is 0. The standard InChI is InChI=1S/C76H60/c1-74(2,3)48-30-31-53-58(38-48)65(44-24-16-11-17-25-44)71-55-35-33-52-57-42-60-59(41-56(57)51-32-34-54(69(55)68(51)52)70(71)64(53)43-22-14-10-15-23-43)66(45-26-18-12-19-27-45)72-61-39-49(75(4,5)6)36-47-37-50(76(7,8)9)40-62(63(47)61)73(72)67(60)46-28-20-13-21-29-46/h10-42H,1-9H3. The average molecular weight is 973 g/mol. The third-order valence-corrected chi connectivity index (χ3v) is 17.5. The van der Waals surface area contributed by atoms with E-state index >= 15 is 0 Å². The Morgan fingerprint density at radius 1 is 0.211 bits per heavy atom. The van der Waals surface area contributed by atoms with Gasteiger partial charge in [-0.3, -0.25) is 0 Å². The van der Waals surface area contributed by atoms with Gasteiger partial charge in [0.15, 0.2) is 0 Å². The van der Waals surface area contributed by atoms with E-state index in [1.807, 2.05) is 0 Å². The van der Waals surface area contributed by atoms with Crippen LogP contribution in [0.5, 0.6) is 0 Å². The van der Waals surface area contributed by atoms with Crippen LogP contribution in [0.2, 0.25) is 0 Å². The Balaban J connectivity index is 1.13. The zero-order valence-electron chi connectivity index (χ0n) is 45.1. The first kappa shape index (κ1) is 45.1. The summed E-state index contributed by atoms with van der Waals surface area (Å²) in [5, 5.41) is 21.3. The molecular formula is C76H60. The lowest BCUT2D eigenvalue weighted by Crippen LogP contribution is -2.12. The van der Waals surface area contributed by atoms with Crippen LogP contribution in [0.3, 0.4) is 0 Å². The maximum atomic E-state index is 2.60. The molecule has 0 nitrogen and oxygen atoms in total. The molecule has 0 heteroatoms. The van der Waals surface area contributed by atoms with E-state index in [2.05, 4.69) is 263 Å². The summed E-state index contributed by atoms with van der Waals surface area (Å²) in [6.45, 7) is 21.2. The van der Waals surface area contributed by atoms with Crippen molar-refractivity contribution in [3.63, 3.8) is 0 Å². The van der Waals surface area contributed by atoms with E-state index < -0.39 is 0 Å². The quantitative estimate of drug-likeness (QED) is 0.165. The number of rotatable bonds is 4. The molecule has 0 unspecified atom stereocenters. The van der Waals surface area contributed by atoms with Gasteiger partial charge in [0, 0.05) is 0 Å². The molecular weight excluding hydrogens is 913 g/mol. The van der Waals surface area contributed by atoms with Gasteiger partial charge < -0.3 is 0 Å². The normalized spacial score (nSPS) is 13.1. The van der Waals surface area contributed by atoms with E-state index in [9.17, 15) is 0 Å². The first-order valence-electron chi connectivity index (χ1n) is 27.4. The number of hydrogen-bond acceptors (Lipinski definition) is 0. The fraction of sp³-hybridized carbons (Fsp3) is 0.158. The van der Waals surface area contributed by atoms with Crippen LogP contribution in [0, 0.1) is 0 Å². The van der Waals surface area contributed by atoms with E-state index in [1.54, 1.807) is 0 Å². The van der Waals surface area contributed by atoms with Crippen LogP contribution in [0.25, 0.3) is 153 Å². The molecule has 364 valence electrons. The van der Waals surface area contributed by atoms with E-state index in [0.29, 0.717) is 0 Å². The minimum atomic E-state index is -0.0461. The minimum Gasteiger partial charge on any atom is -0.0622 e. The molecule has 0 bridgehead atoms. The molecule has 14 aromatic rings. The molecule has 0 spiro atoms. The van der Waals surface area contributed by atoms with Crippen molar-refractivity contribution in [3.05, 3.63) is 217 Å².